The van der Waals surface area contributed by atoms with Gasteiger partial charge in [0.1, 0.15) is 0 Å². The first-order chi connectivity index (χ1) is 8.11. The fraction of sp³-hybridized carbons (Fsp3) is 0.500. The molecule has 0 aliphatic rings. The number of aromatic nitrogens is 3. The van der Waals surface area contributed by atoms with Gasteiger partial charge in [-0.1, -0.05) is 6.92 Å². The van der Waals surface area contributed by atoms with Gasteiger partial charge in [0.2, 0.25) is 0 Å². The Bertz CT molecular complexity index is 504. The molecule has 0 spiro atoms. The number of nitrogens with zero attached hydrogens (tertiary/aromatic N) is 3. The standard InChI is InChI=1S/C12H17N3OS/c1-4-9-5-10(15(3)14-9)6-11(16)12-8(2)13-7-17-12/h5,7,11,16H,4,6H2,1-3H3. The molecule has 0 amide bonds. The summed E-state index contributed by atoms with van der Waals surface area (Å²) in [5.74, 6) is 0. The first-order valence-electron chi connectivity index (χ1n) is 5.71. The monoisotopic (exact) mass is 251 g/mol. The summed E-state index contributed by atoms with van der Waals surface area (Å²) >= 11 is 1.50. The van der Waals surface area contributed by atoms with E-state index in [-0.39, 0.29) is 0 Å². The van der Waals surface area contributed by atoms with Crippen LogP contribution in [0.5, 0.6) is 0 Å². The van der Waals surface area contributed by atoms with Crippen LogP contribution in [0.4, 0.5) is 0 Å². The van der Waals surface area contributed by atoms with Crippen LogP contribution in [-0.4, -0.2) is 19.9 Å². The lowest BCUT2D eigenvalue weighted by atomic mass is 10.1. The van der Waals surface area contributed by atoms with E-state index in [0.29, 0.717) is 6.42 Å². The third kappa shape index (κ3) is 2.56. The minimum atomic E-state index is -0.484. The van der Waals surface area contributed by atoms with Crippen LogP contribution < -0.4 is 0 Å². The summed E-state index contributed by atoms with van der Waals surface area (Å²) < 4.78 is 1.85. The number of thiazole rings is 1. The molecule has 1 N–H and O–H groups in total. The van der Waals surface area contributed by atoms with Crippen molar-refractivity contribution in [2.75, 3.05) is 0 Å². The van der Waals surface area contributed by atoms with Crippen LogP contribution in [0.3, 0.4) is 0 Å². The van der Waals surface area contributed by atoms with Gasteiger partial charge >= 0.3 is 0 Å². The van der Waals surface area contributed by atoms with Crippen molar-refractivity contribution in [2.24, 2.45) is 7.05 Å². The molecule has 17 heavy (non-hydrogen) atoms. The third-order valence-electron chi connectivity index (χ3n) is 2.88. The fourth-order valence-electron chi connectivity index (χ4n) is 1.86. The highest BCUT2D eigenvalue weighted by Gasteiger charge is 2.16. The Hall–Kier alpha value is -1.20. The Morgan fingerprint density at radius 2 is 2.29 bits per heavy atom. The Morgan fingerprint density at radius 1 is 1.53 bits per heavy atom. The van der Waals surface area contributed by atoms with E-state index in [9.17, 15) is 5.11 Å². The van der Waals surface area contributed by atoms with Gasteiger partial charge in [-0.05, 0) is 19.4 Å². The van der Waals surface area contributed by atoms with Gasteiger partial charge in [-0.25, -0.2) is 4.98 Å². The molecule has 1 atom stereocenters. The van der Waals surface area contributed by atoms with E-state index in [1.54, 1.807) is 5.51 Å². The first kappa shape index (κ1) is 12.3. The van der Waals surface area contributed by atoms with Gasteiger partial charge in [-0.3, -0.25) is 4.68 Å². The molecular weight excluding hydrogens is 234 g/mol. The van der Waals surface area contributed by atoms with Crippen molar-refractivity contribution in [3.63, 3.8) is 0 Å². The number of rotatable bonds is 4. The molecule has 0 aliphatic heterocycles. The van der Waals surface area contributed by atoms with E-state index in [0.717, 1.165) is 28.4 Å². The maximum absolute atomic E-state index is 10.2. The Labute approximate surface area is 105 Å². The van der Waals surface area contributed by atoms with Crippen LogP contribution in [-0.2, 0) is 19.9 Å². The normalized spacial score (nSPS) is 12.9. The first-order valence-corrected chi connectivity index (χ1v) is 6.59. The van der Waals surface area contributed by atoms with Crippen molar-refractivity contribution in [1.82, 2.24) is 14.8 Å². The molecular formula is C12H17N3OS. The highest BCUT2D eigenvalue weighted by molar-refractivity contribution is 7.09. The number of aliphatic hydroxyl groups excluding tert-OH is 1. The summed E-state index contributed by atoms with van der Waals surface area (Å²) in [7, 11) is 1.92. The van der Waals surface area contributed by atoms with Gasteiger partial charge < -0.3 is 5.11 Å². The maximum Gasteiger partial charge on any atom is 0.0955 e. The van der Waals surface area contributed by atoms with E-state index >= 15 is 0 Å². The average molecular weight is 251 g/mol. The molecule has 92 valence electrons. The highest BCUT2D eigenvalue weighted by Crippen LogP contribution is 2.24. The van der Waals surface area contributed by atoms with Crippen LogP contribution >= 0.6 is 11.3 Å². The van der Waals surface area contributed by atoms with Crippen molar-refractivity contribution in [3.8, 4) is 0 Å². The lowest BCUT2D eigenvalue weighted by molar-refractivity contribution is 0.178. The molecule has 2 heterocycles. The van der Waals surface area contributed by atoms with E-state index in [1.165, 1.54) is 11.3 Å². The van der Waals surface area contributed by atoms with Gasteiger partial charge in [0.25, 0.3) is 0 Å². The zero-order valence-electron chi connectivity index (χ0n) is 10.3. The molecule has 2 aromatic rings. The predicted molar refractivity (Wildman–Crippen MR) is 68.1 cm³/mol. The van der Waals surface area contributed by atoms with E-state index in [4.69, 9.17) is 0 Å². The molecule has 2 rings (SSSR count). The minimum Gasteiger partial charge on any atom is -0.387 e. The SMILES string of the molecule is CCc1cc(CC(O)c2scnc2C)n(C)n1. The van der Waals surface area contributed by atoms with Gasteiger partial charge in [0.15, 0.2) is 0 Å². The molecule has 0 saturated carbocycles. The minimum absolute atomic E-state index is 0.484. The number of hydrogen-bond acceptors (Lipinski definition) is 4. The fourth-order valence-corrected chi connectivity index (χ4v) is 2.64. The van der Waals surface area contributed by atoms with Crippen molar-refractivity contribution < 1.29 is 5.11 Å². The molecule has 4 nitrogen and oxygen atoms in total. The summed E-state index contributed by atoms with van der Waals surface area (Å²) in [6.45, 7) is 4.01. The molecule has 1 unspecified atom stereocenters. The summed E-state index contributed by atoms with van der Waals surface area (Å²) in [6, 6.07) is 2.06. The van der Waals surface area contributed by atoms with E-state index < -0.39 is 6.10 Å². The quantitative estimate of drug-likeness (QED) is 0.904. The molecule has 0 fully saturated rings. The van der Waals surface area contributed by atoms with Crippen LogP contribution in [0.15, 0.2) is 11.6 Å². The van der Waals surface area contributed by atoms with Crippen LogP contribution in [0.25, 0.3) is 0 Å². The molecule has 0 radical (unpaired) electrons. The second kappa shape index (κ2) is 4.98. The summed E-state index contributed by atoms with van der Waals surface area (Å²) in [5, 5.41) is 14.6. The van der Waals surface area contributed by atoms with Crippen molar-refractivity contribution in [2.45, 2.75) is 32.8 Å². The Morgan fingerprint density at radius 3 is 2.82 bits per heavy atom. The van der Waals surface area contributed by atoms with E-state index in [1.807, 2.05) is 18.7 Å². The lowest BCUT2D eigenvalue weighted by Crippen LogP contribution is -2.06. The van der Waals surface area contributed by atoms with Gasteiger partial charge in [0.05, 0.1) is 27.9 Å². The largest absolute Gasteiger partial charge is 0.387 e. The Kier molecular flexibility index (Phi) is 3.59. The van der Waals surface area contributed by atoms with Crippen molar-refractivity contribution in [1.29, 1.82) is 0 Å². The second-order valence-electron chi connectivity index (χ2n) is 4.13. The second-order valence-corrected chi connectivity index (χ2v) is 5.01. The molecule has 0 aromatic carbocycles. The summed E-state index contributed by atoms with van der Waals surface area (Å²) in [4.78, 5) is 5.11. The van der Waals surface area contributed by atoms with Crippen LogP contribution in [0.1, 0.15) is 35.0 Å². The highest BCUT2D eigenvalue weighted by atomic mass is 32.1. The lowest BCUT2D eigenvalue weighted by Gasteiger charge is -2.09. The predicted octanol–water partition coefficient (Wildman–Crippen LogP) is 2.02. The summed E-state index contributed by atoms with van der Waals surface area (Å²) in [6.07, 6.45) is 1.03. The number of hydrogen-bond donors (Lipinski definition) is 1. The molecule has 5 heteroatoms. The smallest absolute Gasteiger partial charge is 0.0955 e. The van der Waals surface area contributed by atoms with Crippen LogP contribution in [0, 0.1) is 6.92 Å². The average Bonchev–Trinajstić information content (AvgIpc) is 2.86. The maximum atomic E-state index is 10.2. The zero-order chi connectivity index (χ0) is 12.4. The zero-order valence-corrected chi connectivity index (χ0v) is 11.2. The van der Waals surface area contributed by atoms with Gasteiger partial charge in [0, 0.05) is 19.2 Å². The third-order valence-corrected chi connectivity index (χ3v) is 3.91. The molecule has 0 saturated heterocycles. The topological polar surface area (TPSA) is 50.9 Å². The number of aryl methyl sites for hydroxylation is 3. The van der Waals surface area contributed by atoms with Gasteiger partial charge in [-0.15, -0.1) is 11.3 Å². The summed E-state index contributed by atoms with van der Waals surface area (Å²) in [5.41, 5.74) is 4.81. The molecule has 2 aromatic heterocycles. The van der Waals surface area contributed by atoms with E-state index in [2.05, 4.69) is 23.1 Å². The van der Waals surface area contributed by atoms with Crippen molar-refractivity contribution >= 4 is 11.3 Å². The Balaban J connectivity index is 2.15. The number of aliphatic hydroxyl groups is 1. The van der Waals surface area contributed by atoms with Crippen molar-refractivity contribution in [3.05, 3.63) is 33.5 Å². The van der Waals surface area contributed by atoms with Gasteiger partial charge in [-0.2, -0.15) is 5.10 Å². The van der Waals surface area contributed by atoms with Crippen LogP contribution in [0.2, 0.25) is 0 Å². The molecule has 0 bridgehead atoms. The molecule has 0 aliphatic carbocycles.